The molecule has 5 heterocycles. The van der Waals surface area contributed by atoms with Crippen LogP contribution in [0.4, 0.5) is 5.82 Å². The van der Waals surface area contributed by atoms with Crippen LogP contribution in [0, 0.1) is 0 Å². The van der Waals surface area contributed by atoms with Crippen LogP contribution in [0.15, 0.2) is 35.6 Å². The van der Waals surface area contributed by atoms with Gasteiger partial charge in [0, 0.05) is 6.07 Å². The molecule has 0 aromatic carbocycles. The Morgan fingerprint density at radius 2 is 1.64 bits per heavy atom. The normalized spacial score (nSPS) is 31.2. The van der Waals surface area contributed by atoms with E-state index in [-0.39, 0.29) is 22.5 Å². The molecule has 0 aliphatic carbocycles. The number of nitrogen functional groups attached to an aromatic ring is 1. The molecule has 3 aromatic heterocycles. The maximum atomic E-state index is 12.5. The minimum atomic E-state index is -5.43. The summed E-state index contributed by atoms with van der Waals surface area (Å²) in [6.07, 6.45) is -9.02. The second-order valence-electron chi connectivity index (χ2n) is 9.86. The van der Waals surface area contributed by atoms with Crippen molar-refractivity contribution < 1.29 is 71.5 Å². The number of nitrogens with one attached hydrogen (secondary N) is 1. The molecule has 2 saturated heterocycles. The number of nitrogens with two attached hydrogens (primary N) is 2. The number of nitrogens with zero attached hydrogens (tertiary/aromatic N) is 4. The summed E-state index contributed by atoms with van der Waals surface area (Å²) < 4.78 is 51.4. The van der Waals surface area contributed by atoms with Gasteiger partial charge in [0.05, 0.1) is 13.2 Å². The summed E-state index contributed by atoms with van der Waals surface area (Å²) in [7, 11) is -10.8. The number of pyridine rings is 1. The number of amides is 1. The predicted octanol–water partition coefficient (Wildman–Crippen LogP) is -3.72. The smallest absolute Gasteiger partial charge is 0.387 e. The number of aromatic amines is 1. The number of hydrogen-bond donors (Lipinski definition) is 9. The van der Waals surface area contributed by atoms with Gasteiger partial charge in [-0.2, -0.15) is 8.88 Å². The van der Waals surface area contributed by atoms with Crippen LogP contribution >= 0.6 is 15.6 Å². The monoisotopic (exact) mass is 680 g/mol. The quantitative estimate of drug-likeness (QED) is 0.0694. The highest BCUT2D eigenvalue weighted by atomic mass is 31.3. The molecule has 2 aliphatic rings. The first-order chi connectivity index (χ1) is 21.1. The summed E-state index contributed by atoms with van der Waals surface area (Å²) >= 11 is 0. The third-order valence-electron chi connectivity index (χ3n) is 6.88. The predicted molar refractivity (Wildman–Crippen MR) is 142 cm³/mol. The van der Waals surface area contributed by atoms with Crippen LogP contribution in [-0.4, -0.2) is 105 Å². The minimum absolute atomic E-state index is 0.0241. The maximum Gasteiger partial charge on any atom is 0.481 e. The van der Waals surface area contributed by atoms with Gasteiger partial charge in [-0.05, 0) is 6.07 Å². The summed E-state index contributed by atoms with van der Waals surface area (Å²) in [6, 6.07) is 2.81. The van der Waals surface area contributed by atoms with Crippen LogP contribution in [-0.2, 0) is 32.0 Å². The van der Waals surface area contributed by atoms with Gasteiger partial charge in [-0.3, -0.25) is 13.8 Å². The molecule has 0 bridgehead atoms. The van der Waals surface area contributed by atoms with E-state index in [1.807, 2.05) is 0 Å². The first-order valence-electron chi connectivity index (χ1n) is 12.8. The molecule has 22 nitrogen and oxygen atoms in total. The fourth-order valence-corrected chi connectivity index (χ4v) is 6.79. The van der Waals surface area contributed by atoms with Crippen molar-refractivity contribution in [1.29, 1.82) is 0 Å². The summed E-state index contributed by atoms with van der Waals surface area (Å²) in [4.78, 5) is 54.0. The second-order valence-corrected chi connectivity index (χ2v) is 12.9. The average molecular weight is 680 g/mol. The van der Waals surface area contributed by atoms with E-state index in [4.69, 9.17) is 20.9 Å². The van der Waals surface area contributed by atoms with Crippen LogP contribution in [0.5, 0.6) is 0 Å². The lowest BCUT2D eigenvalue weighted by Gasteiger charge is -2.20. The fraction of sp³-hybridized carbons (Fsp3) is 0.476. The number of rotatable bonds is 11. The number of imidazole rings is 1. The molecule has 0 spiro atoms. The molecule has 2 fully saturated rings. The number of phosphoric acid groups is 2. The number of aliphatic hydroxyl groups excluding tert-OH is 4. The molecule has 24 heteroatoms. The molecular weight excluding hydrogens is 652 g/mol. The lowest BCUT2D eigenvalue weighted by Crippen LogP contribution is -2.46. The number of H-pyrrole nitrogens is 1. The van der Waals surface area contributed by atoms with Crippen LogP contribution in [0.1, 0.15) is 22.8 Å². The number of aliphatic hydroxyl groups is 4. The molecule has 0 saturated carbocycles. The molecular formula is C21H28N7O15P2+. The van der Waals surface area contributed by atoms with Crippen LogP contribution in [0.25, 0.3) is 11.2 Å². The molecule has 2 unspecified atom stereocenters. The van der Waals surface area contributed by atoms with Crippen LogP contribution in [0.3, 0.4) is 0 Å². The van der Waals surface area contributed by atoms with E-state index in [2.05, 4.69) is 28.3 Å². The highest BCUT2D eigenvalue weighted by Gasteiger charge is 2.50. The van der Waals surface area contributed by atoms with Crippen molar-refractivity contribution in [3.63, 3.8) is 0 Å². The Bertz CT molecular complexity index is 1740. The third kappa shape index (κ3) is 6.83. The Balaban J connectivity index is 1.17. The van der Waals surface area contributed by atoms with E-state index in [1.54, 1.807) is 0 Å². The SMILES string of the molecule is NC(=O)c1ccc[n+]([C@@H]2O[C@H](COP(=O)(O)OP(=O)(O)OC[C@H]3O[C@@H](n4c(=O)[nH]c5c(N)ncnc54)[C@H](O)[C@@H]3O)[C@@H](O)[C@H]2O)c1. The molecule has 10 atom stereocenters. The lowest BCUT2D eigenvalue weighted by molar-refractivity contribution is -0.765. The summed E-state index contributed by atoms with van der Waals surface area (Å²) in [5.74, 6) is -0.863. The van der Waals surface area contributed by atoms with Crippen molar-refractivity contribution in [2.75, 3.05) is 18.9 Å². The van der Waals surface area contributed by atoms with E-state index in [9.17, 15) is 48.9 Å². The van der Waals surface area contributed by atoms with Crippen molar-refractivity contribution >= 4 is 38.5 Å². The van der Waals surface area contributed by atoms with E-state index in [1.165, 1.54) is 29.1 Å². The molecule has 3 aromatic rings. The molecule has 1 amide bonds. The van der Waals surface area contributed by atoms with Gasteiger partial charge < -0.3 is 56.1 Å². The van der Waals surface area contributed by atoms with Gasteiger partial charge in [0.15, 0.2) is 36.2 Å². The number of phosphoric ester groups is 2. The van der Waals surface area contributed by atoms with Crippen molar-refractivity contribution in [3.8, 4) is 0 Å². The zero-order valence-corrected chi connectivity index (χ0v) is 24.4. The van der Waals surface area contributed by atoms with Gasteiger partial charge in [-0.15, -0.1) is 0 Å². The molecule has 2 aliphatic heterocycles. The second kappa shape index (κ2) is 12.5. The third-order valence-corrected chi connectivity index (χ3v) is 9.48. The van der Waals surface area contributed by atoms with Gasteiger partial charge >= 0.3 is 21.3 Å². The first-order valence-corrected chi connectivity index (χ1v) is 15.8. The maximum absolute atomic E-state index is 12.5. The Labute approximate surface area is 250 Å². The Morgan fingerprint density at radius 3 is 2.29 bits per heavy atom. The highest BCUT2D eigenvalue weighted by molar-refractivity contribution is 7.61. The number of ether oxygens (including phenoxy) is 2. The van der Waals surface area contributed by atoms with Crippen molar-refractivity contribution in [3.05, 3.63) is 46.9 Å². The first kappa shape index (κ1) is 33.2. The number of hydrogen-bond acceptors (Lipinski definition) is 16. The molecule has 0 radical (unpaired) electrons. The Hall–Kier alpha value is -3.21. The number of primary amides is 1. The Kier molecular flexibility index (Phi) is 9.23. The van der Waals surface area contributed by atoms with Crippen molar-refractivity contribution in [2.24, 2.45) is 5.73 Å². The van der Waals surface area contributed by atoms with Crippen LogP contribution in [0.2, 0.25) is 0 Å². The van der Waals surface area contributed by atoms with E-state index in [0.29, 0.717) is 0 Å². The largest absolute Gasteiger partial charge is 0.481 e. The minimum Gasteiger partial charge on any atom is -0.387 e. The van der Waals surface area contributed by atoms with Gasteiger partial charge in [0.25, 0.3) is 12.1 Å². The van der Waals surface area contributed by atoms with E-state index in [0.717, 1.165) is 10.9 Å². The Morgan fingerprint density at radius 1 is 1.02 bits per heavy atom. The number of anilines is 1. The van der Waals surface area contributed by atoms with Crippen molar-refractivity contribution in [2.45, 2.75) is 49.1 Å². The summed E-state index contributed by atoms with van der Waals surface area (Å²) in [5, 5.41) is 41.6. The fourth-order valence-electron chi connectivity index (χ4n) is 4.69. The zero-order valence-electron chi connectivity index (χ0n) is 22.6. The van der Waals surface area contributed by atoms with E-state index < -0.39 is 89.5 Å². The topological polar surface area (TPSA) is 338 Å². The van der Waals surface area contributed by atoms with Crippen LogP contribution < -0.4 is 21.7 Å². The van der Waals surface area contributed by atoms with Gasteiger partial charge in [-0.25, -0.2) is 28.5 Å². The number of fused-ring (bicyclic) bond motifs is 1. The van der Waals surface area contributed by atoms with Gasteiger partial charge in [-0.1, -0.05) is 0 Å². The standard InChI is InChI=1S/C21H27N7O15P2/c22-16-11-18(25-7-24-16)28(21(34)26-11)20-15(32)13(30)10(42-20)6-40-45(37,38)43-44(35,36)39-5-9-12(29)14(31)19(41-9)27-3-1-2-8(4-27)17(23)33/h1-4,7,9-10,12-15,19-20,29-32H,5-6H2,(H6-,22,23,24,25,26,33,34,35,36,37,38)/p+1/t9-,10-,12-,13-,14-,15-,19-,20-/m1/s1. The summed E-state index contributed by atoms with van der Waals surface area (Å²) in [5.41, 5.74) is 10.1. The highest BCUT2D eigenvalue weighted by Crippen LogP contribution is 2.60. The number of carbonyl (C=O) groups excluding carboxylic acids is 1. The zero-order chi connectivity index (χ0) is 32.8. The molecule has 11 N–H and O–H groups in total. The van der Waals surface area contributed by atoms with Gasteiger partial charge in [0.1, 0.15) is 47.9 Å². The van der Waals surface area contributed by atoms with E-state index >= 15 is 0 Å². The molecule has 5 rings (SSSR count). The number of carbonyl (C=O) groups is 1. The summed E-state index contributed by atoms with van der Waals surface area (Å²) in [6.45, 7) is -1.92. The molecule has 246 valence electrons. The number of aromatic nitrogens is 5. The van der Waals surface area contributed by atoms with Crippen molar-refractivity contribution in [1.82, 2.24) is 19.5 Å². The molecule has 45 heavy (non-hydrogen) atoms. The average Bonchev–Trinajstić information content (AvgIpc) is 3.56. The lowest BCUT2D eigenvalue weighted by atomic mass is 10.1. The van der Waals surface area contributed by atoms with Gasteiger partial charge in [0.2, 0.25) is 0 Å².